The highest BCUT2D eigenvalue weighted by molar-refractivity contribution is 5.80. The van der Waals surface area contributed by atoms with Gasteiger partial charge in [0.1, 0.15) is 23.2 Å². The maximum Gasteiger partial charge on any atom is 0.150 e. The zero-order chi connectivity index (χ0) is 17.1. The van der Waals surface area contributed by atoms with Crippen LogP contribution in [0.5, 0.6) is 5.75 Å². The van der Waals surface area contributed by atoms with E-state index in [1.54, 1.807) is 13.2 Å². The van der Waals surface area contributed by atoms with Gasteiger partial charge in [-0.2, -0.15) is 0 Å². The van der Waals surface area contributed by atoms with Crippen molar-refractivity contribution < 1.29 is 4.74 Å². The molecule has 1 aromatic heterocycles. The number of hydrogen-bond acceptors (Lipinski definition) is 5. The Morgan fingerprint density at radius 2 is 1.75 bits per heavy atom. The van der Waals surface area contributed by atoms with Gasteiger partial charge >= 0.3 is 0 Å². The average molecular weight is 320 g/mol. The van der Waals surface area contributed by atoms with Crippen molar-refractivity contribution >= 4 is 17.3 Å². The summed E-state index contributed by atoms with van der Waals surface area (Å²) in [6, 6.07) is 16.0. The van der Waals surface area contributed by atoms with E-state index in [4.69, 9.17) is 10.5 Å². The normalized spacial score (nSPS) is 10.5. The second-order valence-electron chi connectivity index (χ2n) is 5.60. The standard InChI is InChI=1S/C19H20N4O/c1-12-7-9-14(10-8-12)15-5-4-6-16(19(15)24-3)23-18-11-17(20)21-13(2)22-18/h4-11H,1-3H3,(H3,20,21,22,23). The van der Waals surface area contributed by atoms with E-state index in [0.29, 0.717) is 17.5 Å². The molecule has 1 heterocycles. The van der Waals surface area contributed by atoms with Crippen LogP contribution in [0.1, 0.15) is 11.4 Å². The fraction of sp³-hybridized carbons (Fsp3) is 0.158. The van der Waals surface area contributed by atoms with Crippen molar-refractivity contribution in [3.05, 3.63) is 59.9 Å². The van der Waals surface area contributed by atoms with Gasteiger partial charge in [0.2, 0.25) is 0 Å². The first-order chi connectivity index (χ1) is 11.6. The summed E-state index contributed by atoms with van der Waals surface area (Å²) >= 11 is 0. The molecule has 0 saturated carbocycles. The highest BCUT2D eigenvalue weighted by Crippen LogP contribution is 2.37. The molecule has 0 aliphatic rings. The predicted octanol–water partition coefficient (Wildman–Crippen LogP) is 4.09. The second-order valence-corrected chi connectivity index (χ2v) is 5.60. The Morgan fingerprint density at radius 3 is 2.42 bits per heavy atom. The van der Waals surface area contributed by atoms with Crippen LogP contribution >= 0.6 is 0 Å². The van der Waals surface area contributed by atoms with Crippen molar-refractivity contribution in [2.75, 3.05) is 18.2 Å². The largest absolute Gasteiger partial charge is 0.494 e. The van der Waals surface area contributed by atoms with E-state index in [1.807, 2.05) is 25.1 Å². The second kappa shape index (κ2) is 6.58. The minimum Gasteiger partial charge on any atom is -0.494 e. The SMILES string of the molecule is COc1c(Nc2cc(N)nc(C)n2)cccc1-c1ccc(C)cc1. The monoisotopic (exact) mass is 320 g/mol. The zero-order valence-corrected chi connectivity index (χ0v) is 14.0. The number of ether oxygens (including phenoxy) is 1. The van der Waals surface area contributed by atoms with Gasteiger partial charge in [0.25, 0.3) is 0 Å². The first-order valence-electron chi connectivity index (χ1n) is 7.69. The third-order valence-electron chi connectivity index (χ3n) is 3.70. The lowest BCUT2D eigenvalue weighted by Gasteiger charge is -2.15. The van der Waals surface area contributed by atoms with Crippen LogP contribution in [-0.4, -0.2) is 17.1 Å². The number of aromatic nitrogens is 2. The van der Waals surface area contributed by atoms with E-state index in [2.05, 4.69) is 46.5 Å². The molecule has 5 heteroatoms. The fourth-order valence-corrected chi connectivity index (χ4v) is 2.61. The number of nitrogens with two attached hydrogens (primary N) is 1. The summed E-state index contributed by atoms with van der Waals surface area (Å²) in [6.45, 7) is 3.88. The molecular weight excluding hydrogens is 300 g/mol. The number of hydrogen-bond donors (Lipinski definition) is 2. The van der Waals surface area contributed by atoms with Crippen LogP contribution in [0.4, 0.5) is 17.3 Å². The van der Waals surface area contributed by atoms with Crippen molar-refractivity contribution in [3.8, 4) is 16.9 Å². The lowest BCUT2D eigenvalue weighted by molar-refractivity contribution is 0.418. The summed E-state index contributed by atoms with van der Waals surface area (Å²) in [6.07, 6.45) is 0. The van der Waals surface area contributed by atoms with Crippen LogP contribution in [0.3, 0.4) is 0 Å². The number of nitrogens with one attached hydrogen (secondary N) is 1. The van der Waals surface area contributed by atoms with Gasteiger partial charge in [-0.15, -0.1) is 0 Å². The van der Waals surface area contributed by atoms with Gasteiger partial charge in [-0.1, -0.05) is 42.0 Å². The zero-order valence-electron chi connectivity index (χ0n) is 14.0. The molecule has 0 atom stereocenters. The lowest BCUT2D eigenvalue weighted by Crippen LogP contribution is -2.02. The highest BCUT2D eigenvalue weighted by Gasteiger charge is 2.12. The molecule has 3 N–H and O–H groups in total. The molecule has 0 fully saturated rings. The number of anilines is 3. The lowest BCUT2D eigenvalue weighted by atomic mass is 10.0. The molecule has 0 radical (unpaired) electrons. The van der Waals surface area contributed by atoms with E-state index < -0.39 is 0 Å². The first kappa shape index (κ1) is 15.8. The summed E-state index contributed by atoms with van der Waals surface area (Å²) in [7, 11) is 1.66. The smallest absolute Gasteiger partial charge is 0.150 e. The third-order valence-corrected chi connectivity index (χ3v) is 3.70. The molecule has 0 aliphatic heterocycles. The molecule has 0 amide bonds. The van der Waals surface area contributed by atoms with Crippen molar-refractivity contribution in [3.63, 3.8) is 0 Å². The number of nitrogens with zero attached hydrogens (tertiary/aromatic N) is 2. The number of methoxy groups -OCH3 is 1. The Hall–Kier alpha value is -3.08. The Morgan fingerprint density at radius 1 is 1.00 bits per heavy atom. The van der Waals surface area contributed by atoms with Crippen molar-refractivity contribution in [2.24, 2.45) is 0 Å². The maximum atomic E-state index is 5.80. The fourth-order valence-electron chi connectivity index (χ4n) is 2.61. The summed E-state index contributed by atoms with van der Waals surface area (Å²) < 4.78 is 5.66. The van der Waals surface area contributed by atoms with Crippen LogP contribution in [0.25, 0.3) is 11.1 Å². The summed E-state index contributed by atoms with van der Waals surface area (Å²) in [5.74, 6) is 2.44. The molecule has 3 aromatic rings. The highest BCUT2D eigenvalue weighted by atomic mass is 16.5. The van der Waals surface area contributed by atoms with Crippen molar-refractivity contribution in [2.45, 2.75) is 13.8 Å². The van der Waals surface area contributed by atoms with Crippen LogP contribution in [0.2, 0.25) is 0 Å². The Kier molecular flexibility index (Phi) is 4.33. The van der Waals surface area contributed by atoms with Crippen LogP contribution < -0.4 is 15.8 Å². The van der Waals surface area contributed by atoms with E-state index in [9.17, 15) is 0 Å². The molecule has 0 unspecified atom stereocenters. The maximum absolute atomic E-state index is 5.80. The third kappa shape index (κ3) is 3.30. The van der Waals surface area contributed by atoms with Gasteiger partial charge in [-0.05, 0) is 25.5 Å². The summed E-state index contributed by atoms with van der Waals surface area (Å²) in [5, 5.41) is 3.27. The van der Waals surface area contributed by atoms with Crippen LogP contribution in [-0.2, 0) is 0 Å². The number of rotatable bonds is 4. The molecule has 3 rings (SSSR count). The number of aryl methyl sites for hydroxylation is 2. The average Bonchev–Trinajstić information content (AvgIpc) is 2.54. The minimum absolute atomic E-state index is 0.429. The van der Waals surface area contributed by atoms with E-state index in [0.717, 1.165) is 22.6 Å². The quantitative estimate of drug-likeness (QED) is 0.757. The van der Waals surface area contributed by atoms with Crippen molar-refractivity contribution in [1.82, 2.24) is 9.97 Å². The molecule has 0 saturated heterocycles. The number of nitrogen functional groups attached to an aromatic ring is 1. The Bertz CT molecular complexity index is 839. The van der Waals surface area contributed by atoms with Gasteiger partial charge in [0, 0.05) is 11.6 Å². The van der Waals surface area contributed by atoms with Gasteiger partial charge < -0.3 is 15.8 Å². The molecule has 0 bridgehead atoms. The molecule has 24 heavy (non-hydrogen) atoms. The topological polar surface area (TPSA) is 73.1 Å². The Labute approximate surface area is 141 Å². The van der Waals surface area contributed by atoms with Gasteiger partial charge in [-0.25, -0.2) is 9.97 Å². The van der Waals surface area contributed by atoms with E-state index in [1.165, 1.54) is 5.56 Å². The van der Waals surface area contributed by atoms with E-state index >= 15 is 0 Å². The summed E-state index contributed by atoms with van der Waals surface area (Å²) in [5.41, 5.74) is 9.96. The predicted molar refractivity (Wildman–Crippen MR) is 97.6 cm³/mol. The molecule has 2 aromatic carbocycles. The molecule has 0 aliphatic carbocycles. The van der Waals surface area contributed by atoms with Crippen molar-refractivity contribution in [1.29, 1.82) is 0 Å². The number of para-hydroxylation sites is 1. The Balaban J connectivity index is 2.02. The van der Waals surface area contributed by atoms with E-state index in [-0.39, 0.29) is 0 Å². The van der Waals surface area contributed by atoms with Gasteiger partial charge in [0.15, 0.2) is 0 Å². The number of benzene rings is 2. The molecule has 5 nitrogen and oxygen atoms in total. The molecule has 0 spiro atoms. The van der Waals surface area contributed by atoms with Gasteiger partial charge in [-0.3, -0.25) is 0 Å². The molecular formula is C19H20N4O. The molecule has 122 valence electrons. The summed E-state index contributed by atoms with van der Waals surface area (Å²) in [4.78, 5) is 8.45. The van der Waals surface area contributed by atoms with Crippen LogP contribution in [0.15, 0.2) is 48.5 Å². The van der Waals surface area contributed by atoms with Gasteiger partial charge in [0.05, 0.1) is 12.8 Å². The van der Waals surface area contributed by atoms with Crippen LogP contribution in [0, 0.1) is 13.8 Å². The first-order valence-corrected chi connectivity index (χ1v) is 7.69. The minimum atomic E-state index is 0.429.